The Bertz CT molecular complexity index is 443. The zero-order chi connectivity index (χ0) is 14.3. The van der Waals surface area contributed by atoms with Crippen LogP contribution in [-0.2, 0) is 11.2 Å². The highest BCUT2D eigenvalue weighted by Gasteiger charge is 2.21. The van der Waals surface area contributed by atoms with E-state index in [-0.39, 0.29) is 11.7 Å². The van der Waals surface area contributed by atoms with E-state index in [0.717, 1.165) is 6.42 Å². The maximum atomic E-state index is 11.9. The second-order valence-corrected chi connectivity index (χ2v) is 4.14. The van der Waals surface area contributed by atoms with Crippen molar-refractivity contribution in [2.24, 2.45) is 16.8 Å². The third-order valence-corrected chi connectivity index (χ3v) is 2.58. The van der Waals surface area contributed by atoms with Crippen LogP contribution in [0.2, 0.25) is 0 Å². The fraction of sp³-hybridized carbons (Fsp3) is 0.636. The highest BCUT2D eigenvalue weighted by molar-refractivity contribution is 6.02. The van der Waals surface area contributed by atoms with E-state index in [1.165, 1.54) is 0 Å². The Kier molecular flexibility index (Phi) is 5.77. The number of oxime groups is 1. The Morgan fingerprint density at radius 3 is 2.89 bits per heavy atom. The van der Waals surface area contributed by atoms with Gasteiger partial charge in [-0.3, -0.25) is 4.79 Å². The molecule has 8 nitrogen and oxygen atoms in total. The number of nitrogens with zero attached hydrogens (tertiary/aromatic N) is 3. The predicted molar refractivity (Wildman–Crippen MR) is 67.6 cm³/mol. The van der Waals surface area contributed by atoms with Gasteiger partial charge in [-0.15, -0.1) is 0 Å². The number of carbonyl (C=O) groups excluding carboxylic acids is 1. The monoisotopic (exact) mass is 269 g/mol. The molecular weight excluding hydrogens is 250 g/mol. The van der Waals surface area contributed by atoms with E-state index < -0.39 is 5.92 Å². The summed E-state index contributed by atoms with van der Waals surface area (Å²) in [7, 11) is 0. The molecule has 1 heterocycles. The molecule has 0 aliphatic carbocycles. The van der Waals surface area contributed by atoms with Gasteiger partial charge in [0.2, 0.25) is 11.8 Å². The summed E-state index contributed by atoms with van der Waals surface area (Å²) in [6.07, 6.45) is 1.76. The first-order valence-electron chi connectivity index (χ1n) is 6.12. The van der Waals surface area contributed by atoms with Crippen molar-refractivity contribution in [1.82, 2.24) is 15.5 Å². The molecule has 0 aromatic carbocycles. The van der Waals surface area contributed by atoms with E-state index in [1.807, 2.05) is 6.92 Å². The number of hydrogen-bond donors (Lipinski definition) is 3. The molecule has 4 N–H and O–H groups in total. The average molecular weight is 269 g/mol. The first-order chi connectivity index (χ1) is 9.08. The van der Waals surface area contributed by atoms with Crippen LogP contribution in [0, 0.1) is 12.8 Å². The van der Waals surface area contributed by atoms with E-state index >= 15 is 0 Å². The summed E-state index contributed by atoms with van der Waals surface area (Å²) in [5.74, 6) is 0.0737. The van der Waals surface area contributed by atoms with Gasteiger partial charge in [-0.2, -0.15) is 4.98 Å². The van der Waals surface area contributed by atoms with E-state index in [4.69, 9.17) is 15.5 Å². The van der Waals surface area contributed by atoms with E-state index in [9.17, 15) is 4.79 Å². The third kappa shape index (κ3) is 4.57. The molecule has 1 unspecified atom stereocenters. The van der Waals surface area contributed by atoms with Crippen LogP contribution < -0.4 is 11.1 Å². The van der Waals surface area contributed by atoms with Crippen molar-refractivity contribution in [3.63, 3.8) is 0 Å². The summed E-state index contributed by atoms with van der Waals surface area (Å²) < 4.78 is 4.82. The summed E-state index contributed by atoms with van der Waals surface area (Å²) >= 11 is 0. The zero-order valence-corrected chi connectivity index (χ0v) is 11.1. The molecule has 0 fully saturated rings. The molecule has 0 saturated heterocycles. The van der Waals surface area contributed by atoms with Crippen molar-refractivity contribution in [3.05, 3.63) is 11.7 Å². The third-order valence-electron chi connectivity index (χ3n) is 2.58. The maximum Gasteiger partial charge on any atom is 0.230 e. The van der Waals surface area contributed by atoms with Crippen LogP contribution >= 0.6 is 0 Å². The lowest BCUT2D eigenvalue weighted by Gasteiger charge is -2.13. The SMILES string of the molecule is CCCC(C(=O)NCCc1noc(C)n1)C(N)=NO. The molecule has 0 saturated carbocycles. The van der Waals surface area contributed by atoms with Crippen LogP contribution in [-0.4, -0.2) is 33.6 Å². The first-order valence-corrected chi connectivity index (χ1v) is 6.12. The number of hydrogen-bond acceptors (Lipinski definition) is 6. The van der Waals surface area contributed by atoms with Crippen LogP contribution in [0.25, 0.3) is 0 Å². The summed E-state index contributed by atoms with van der Waals surface area (Å²) in [4.78, 5) is 15.9. The standard InChI is InChI=1S/C11H19N5O3/c1-3-4-8(10(12)15-18)11(17)13-6-5-9-14-7(2)19-16-9/h8,18H,3-6H2,1-2H3,(H2,12,15)(H,13,17). The van der Waals surface area contributed by atoms with Gasteiger partial charge in [-0.25, -0.2) is 0 Å². The average Bonchev–Trinajstić information content (AvgIpc) is 2.80. The van der Waals surface area contributed by atoms with Gasteiger partial charge in [0.25, 0.3) is 0 Å². The van der Waals surface area contributed by atoms with Gasteiger partial charge in [-0.1, -0.05) is 23.7 Å². The number of carbonyl (C=O) groups is 1. The molecule has 19 heavy (non-hydrogen) atoms. The van der Waals surface area contributed by atoms with Crippen LogP contribution in [0.5, 0.6) is 0 Å². The highest BCUT2D eigenvalue weighted by atomic mass is 16.5. The van der Waals surface area contributed by atoms with Gasteiger partial charge in [0, 0.05) is 19.9 Å². The fourth-order valence-corrected chi connectivity index (χ4v) is 1.64. The molecule has 1 amide bonds. The highest BCUT2D eigenvalue weighted by Crippen LogP contribution is 2.06. The molecule has 0 radical (unpaired) electrons. The van der Waals surface area contributed by atoms with Gasteiger partial charge >= 0.3 is 0 Å². The van der Waals surface area contributed by atoms with Crippen molar-refractivity contribution >= 4 is 11.7 Å². The van der Waals surface area contributed by atoms with Crippen molar-refractivity contribution in [2.75, 3.05) is 6.54 Å². The first kappa shape index (κ1) is 14.9. The molecular formula is C11H19N5O3. The minimum atomic E-state index is -0.609. The van der Waals surface area contributed by atoms with Crippen molar-refractivity contribution in [3.8, 4) is 0 Å². The van der Waals surface area contributed by atoms with Crippen molar-refractivity contribution in [2.45, 2.75) is 33.1 Å². The van der Waals surface area contributed by atoms with E-state index in [1.54, 1.807) is 6.92 Å². The van der Waals surface area contributed by atoms with Gasteiger partial charge in [0.1, 0.15) is 0 Å². The fourth-order valence-electron chi connectivity index (χ4n) is 1.64. The Morgan fingerprint density at radius 1 is 1.63 bits per heavy atom. The number of aryl methyl sites for hydroxylation is 1. The Hall–Kier alpha value is -2.12. The predicted octanol–water partition coefficient (Wildman–Crippen LogP) is 0.199. The quantitative estimate of drug-likeness (QED) is 0.281. The zero-order valence-electron chi connectivity index (χ0n) is 11.1. The summed E-state index contributed by atoms with van der Waals surface area (Å²) in [5, 5.41) is 18.0. The number of amidine groups is 1. The minimum absolute atomic E-state index is 0.0743. The van der Waals surface area contributed by atoms with E-state index in [2.05, 4.69) is 20.6 Å². The second-order valence-electron chi connectivity index (χ2n) is 4.14. The van der Waals surface area contributed by atoms with Crippen LogP contribution in [0.4, 0.5) is 0 Å². The largest absolute Gasteiger partial charge is 0.409 e. The topological polar surface area (TPSA) is 127 Å². The molecule has 0 aliphatic heterocycles. The lowest BCUT2D eigenvalue weighted by Crippen LogP contribution is -2.39. The van der Waals surface area contributed by atoms with Gasteiger partial charge < -0.3 is 20.8 Å². The summed E-state index contributed by atoms with van der Waals surface area (Å²) in [5.41, 5.74) is 5.49. The normalized spacial score (nSPS) is 13.3. The molecule has 0 bridgehead atoms. The minimum Gasteiger partial charge on any atom is -0.409 e. The molecule has 0 spiro atoms. The Labute approximate surface area is 111 Å². The van der Waals surface area contributed by atoms with Gasteiger partial charge in [0.05, 0.1) is 5.92 Å². The van der Waals surface area contributed by atoms with Crippen LogP contribution in [0.1, 0.15) is 31.5 Å². The van der Waals surface area contributed by atoms with Crippen LogP contribution in [0.3, 0.4) is 0 Å². The molecule has 1 aromatic heterocycles. The van der Waals surface area contributed by atoms with Crippen molar-refractivity contribution < 1.29 is 14.5 Å². The van der Waals surface area contributed by atoms with Crippen molar-refractivity contribution in [1.29, 1.82) is 0 Å². The smallest absolute Gasteiger partial charge is 0.230 e. The number of nitrogens with two attached hydrogens (primary N) is 1. The lowest BCUT2D eigenvalue weighted by molar-refractivity contribution is -0.123. The Balaban J connectivity index is 2.44. The van der Waals surface area contributed by atoms with E-state index in [0.29, 0.717) is 31.1 Å². The molecule has 106 valence electrons. The molecule has 8 heteroatoms. The number of aromatic nitrogens is 2. The maximum absolute atomic E-state index is 11.9. The number of nitrogens with one attached hydrogen (secondary N) is 1. The summed E-state index contributed by atoms with van der Waals surface area (Å²) in [6, 6.07) is 0. The lowest BCUT2D eigenvalue weighted by atomic mass is 10.0. The molecule has 1 atom stereocenters. The molecule has 0 aliphatic rings. The molecule has 1 aromatic rings. The van der Waals surface area contributed by atoms with Gasteiger partial charge in [-0.05, 0) is 6.42 Å². The summed E-state index contributed by atoms with van der Waals surface area (Å²) in [6.45, 7) is 3.99. The van der Waals surface area contributed by atoms with Crippen LogP contribution in [0.15, 0.2) is 9.68 Å². The number of amides is 1. The Morgan fingerprint density at radius 2 is 2.37 bits per heavy atom. The second kappa shape index (κ2) is 7.34. The van der Waals surface area contributed by atoms with Gasteiger partial charge in [0.15, 0.2) is 11.7 Å². The molecule has 1 rings (SSSR count). The number of rotatable bonds is 7.